The molecule has 1 atom stereocenters. The van der Waals surface area contributed by atoms with Crippen molar-refractivity contribution in [3.63, 3.8) is 0 Å². The lowest BCUT2D eigenvalue weighted by molar-refractivity contribution is 0.166. The first-order valence-corrected chi connectivity index (χ1v) is 6.31. The average molecular weight is 296 g/mol. The number of nitrogens with zero attached hydrogens (tertiary/aromatic N) is 1. The predicted molar refractivity (Wildman–Crippen MR) is 76.5 cm³/mol. The summed E-state index contributed by atoms with van der Waals surface area (Å²) in [5.41, 5.74) is 1.04. The van der Waals surface area contributed by atoms with Gasteiger partial charge >= 0.3 is 0 Å². The maximum atomic E-state index is 6.17. The summed E-state index contributed by atoms with van der Waals surface area (Å²) >= 11 is 12.3. The molecule has 96 valence electrons. The van der Waals surface area contributed by atoms with Crippen LogP contribution in [-0.4, -0.2) is 30.6 Å². The molecular weight excluding hydrogens is 279 g/mol. The average Bonchev–Trinajstić information content (AvgIpc) is 2.26. The van der Waals surface area contributed by atoms with E-state index >= 15 is 0 Å². The lowest BCUT2D eigenvalue weighted by atomic mass is 10.1. The fraction of sp³-hybridized carbons (Fsp3) is 0.500. The molecule has 0 radical (unpaired) electrons. The Hall–Kier alpha value is 0.01000. The third-order valence-electron chi connectivity index (χ3n) is 3.06. The first-order valence-electron chi connectivity index (χ1n) is 5.56. The van der Waals surface area contributed by atoms with Crippen LogP contribution in [0.4, 0.5) is 0 Å². The maximum absolute atomic E-state index is 6.17. The van der Waals surface area contributed by atoms with Gasteiger partial charge in [0.15, 0.2) is 0 Å². The molecule has 1 unspecified atom stereocenters. The van der Waals surface area contributed by atoms with E-state index in [1.54, 1.807) is 0 Å². The molecule has 1 aliphatic heterocycles. The van der Waals surface area contributed by atoms with Gasteiger partial charge in [-0.25, -0.2) is 0 Å². The molecule has 5 heteroatoms. The van der Waals surface area contributed by atoms with E-state index in [1.165, 1.54) is 0 Å². The number of nitrogens with one attached hydrogen (secondary N) is 1. The fourth-order valence-electron chi connectivity index (χ4n) is 2.00. The van der Waals surface area contributed by atoms with Gasteiger partial charge in [-0.3, -0.25) is 4.90 Å². The zero-order valence-electron chi connectivity index (χ0n) is 9.75. The molecule has 2 rings (SSSR count). The third kappa shape index (κ3) is 3.73. The summed E-state index contributed by atoms with van der Waals surface area (Å²) in [6.07, 6.45) is 0. The summed E-state index contributed by atoms with van der Waals surface area (Å²) in [7, 11) is 0. The fourth-order valence-corrected chi connectivity index (χ4v) is 2.52. The van der Waals surface area contributed by atoms with E-state index in [2.05, 4.69) is 17.1 Å². The van der Waals surface area contributed by atoms with Crippen molar-refractivity contribution in [2.45, 2.75) is 19.5 Å². The van der Waals surface area contributed by atoms with Gasteiger partial charge in [-0.1, -0.05) is 29.3 Å². The largest absolute Gasteiger partial charge is 0.314 e. The molecule has 0 spiro atoms. The topological polar surface area (TPSA) is 15.3 Å². The lowest BCUT2D eigenvalue weighted by Crippen LogP contribution is -2.49. The maximum Gasteiger partial charge on any atom is 0.0465 e. The van der Waals surface area contributed by atoms with Gasteiger partial charge in [-0.05, 0) is 19.1 Å². The van der Waals surface area contributed by atoms with Gasteiger partial charge in [0.05, 0.1) is 0 Å². The van der Waals surface area contributed by atoms with E-state index in [1.807, 2.05) is 18.2 Å². The van der Waals surface area contributed by atoms with Crippen molar-refractivity contribution in [1.82, 2.24) is 10.2 Å². The van der Waals surface area contributed by atoms with E-state index in [0.717, 1.165) is 41.8 Å². The van der Waals surface area contributed by atoms with Gasteiger partial charge in [0.2, 0.25) is 0 Å². The van der Waals surface area contributed by atoms with Gasteiger partial charge in [-0.15, -0.1) is 12.4 Å². The van der Waals surface area contributed by atoms with Gasteiger partial charge < -0.3 is 5.32 Å². The minimum Gasteiger partial charge on any atom is -0.314 e. The SMILES string of the molecule is CC1CNCCN1Cc1c(Cl)cccc1Cl.Cl. The summed E-state index contributed by atoms with van der Waals surface area (Å²) < 4.78 is 0. The summed E-state index contributed by atoms with van der Waals surface area (Å²) in [6, 6.07) is 6.21. The minimum atomic E-state index is 0. The predicted octanol–water partition coefficient (Wildman–Crippen LogP) is 3.21. The zero-order valence-corrected chi connectivity index (χ0v) is 12.1. The summed E-state index contributed by atoms with van der Waals surface area (Å²) in [4.78, 5) is 2.41. The Morgan fingerprint density at radius 1 is 1.35 bits per heavy atom. The lowest BCUT2D eigenvalue weighted by Gasteiger charge is -2.34. The van der Waals surface area contributed by atoms with E-state index in [4.69, 9.17) is 23.2 Å². The van der Waals surface area contributed by atoms with Crippen molar-refractivity contribution in [3.05, 3.63) is 33.8 Å². The summed E-state index contributed by atoms with van der Waals surface area (Å²) in [5, 5.41) is 4.90. The van der Waals surface area contributed by atoms with Crippen molar-refractivity contribution in [3.8, 4) is 0 Å². The van der Waals surface area contributed by atoms with Crippen molar-refractivity contribution in [2.24, 2.45) is 0 Å². The van der Waals surface area contributed by atoms with Crippen LogP contribution < -0.4 is 5.32 Å². The Morgan fingerprint density at radius 2 is 2.00 bits per heavy atom. The van der Waals surface area contributed by atoms with Crippen LogP contribution in [-0.2, 0) is 6.54 Å². The highest BCUT2D eigenvalue weighted by atomic mass is 35.5. The third-order valence-corrected chi connectivity index (χ3v) is 3.77. The second-order valence-corrected chi connectivity index (χ2v) is 5.04. The molecule has 1 aromatic carbocycles. The summed E-state index contributed by atoms with van der Waals surface area (Å²) in [6.45, 7) is 6.16. The van der Waals surface area contributed by atoms with Crippen LogP contribution >= 0.6 is 35.6 Å². The first-order chi connectivity index (χ1) is 7.68. The van der Waals surface area contributed by atoms with E-state index in [0.29, 0.717) is 6.04 Å². The van der Waals surface area contributed by atoms with Gasteiger partial charge in [-0.2, -0.15) is 0 Å². The number of hydrogen-bond donors (Lipinski definition) is 1. The molecule has 0 saturated carbocycles. The van der Waals surface area contributed by atoms with Crippen LogP contribution in [0, 0.1) is 0 Å². The molecule has 2 nitrogen and oxygen atoms in total. The number of halogens is 3. The van der Waals surface area contributed by atoms with Crippen molar-refractivity contribution in [2.75, 3.05) is 19.6 Å². The molecule has 0 aliphatic carbocycles. The summed E-state index contributed by atoms with van der Waals surface area (Å²) in [5.74, 6) is 0. The van der Waals surface area contributed by atoms with E-state index in [-0.39, 0.29) is 12.4 Å². The van der Waals surface area contributed by atoms with Crippen LogP contribution in [0.25, 0.3) is 0 Å². The molecule has 1 heterocycles. The highest BCUT2D eigenvalue weighted by molar-refractivity contribution is 6.35. The minimum absolute atomic E-state index is 0. The Bertz CT molecular complexity index is 351. The second kappa shape index (κ2) is 6.81. The number of hydrogen-bond acceptors (Lipinski definition) is 2. The first kappa shape index (κ1) is 15.1. The number of rotatable bonds is 2. The van der Waals surface area contributed by atoms with Gasteiger partial charge in [0, 0.05) is 47.8 Å². The van der Waals surface area contributed by atoms with Crippen LogP contribution in [0.15, 0.2) is 18.2 Å². The van der Waals surface area contributed by atoms with Crippen LogP contribution in [0.5, 0.6) is 0 Å². The molecule has 1 aliphatic rings. The molecule has 0 aromatic heterocycles. The van der Waals surface area contributed by atoms with Crippen molar-refractivity contribution >= 4 is 35.6 Å². The molecule has 0 bridgehead atoms. The van der Waals surface area contributed by atoms with Crippen molar-refractivity contribution < 1.29 is 0 Å². The molecular formula is C12H17Cl3N2. The standard InChI is InChI=1S/C12H16Cl2N2.ClH/c1-9-7-15-5-6-16(9)8-10-11(13)3-2-4-12(10)14;/h2-4,9,15H,5-8H2,1H3;1H. The Balaban J connectivity index is 0.00000144. The van der Waals surface area contributed by atoms with Crippen LogP contribution in [0.3, 0.4) is 0 Å². The molecule has 1 saturated heterocycles. The number of benzene rings is 1. The molecule has 1 aromatic rings. The van der Waals surface area contributed by atoms with Gasteiger partial charge in [0.1, 0.15) is 0 Å². The van der Waals surface area contributed by atoms with E-state index < -0.39 is 0 Å². The second-order valence-electron chi connectivity index (χ2n) is 4.22. The Morgan fingerprint density at radius 3 is 2.59 bits per heavy atom. The smallest absolute Gasteiger partial charge is 0.0465 e. The monoisotopic (exact) mass is 294 g/mol. The number of piperazine rings is 1. The van der Waals surface area contributed by atoms with Crippen LogP contribution in [0.1, 0.15) is 12.5 Å². The highest BCUT2D eigenvalue weighted by Gasteiger charge is 2.19. The quantitative estimate of drug-likeness (QED) is 0.901. The molecule has 0 amide bonds. The van der Waals surface area contributed by atoms with E-state index in [9.17, 15) is 0 Å². The zero-order chi connectivity index (χ0) is 11.5. The van der Waals surface area contributed by atoms with Crippen molar-refractivity contribution in [1.29, 1.82) is 0 Å². The normalized spacial score (nSPS) is 21.0. The molecule has 1 fully saturated rings. The molecule has 17 heavy (non-hydrogen) atoms. The molecule has 1 N–H and O–H groups in total. The highest BCUT2D eigenvalue weighted by Crippen LogP contribution is 2.26. The van der Waals surface area contributed by atoms with Crippen LogP contribution in [0.2, 0.25) is 10.0 Å². The Kier molecular flexibility index (Phi) is 6.04. The van der Waals surface area contributed by atoms with Gasteiger partial charge in [0.25, 0.3) is 0 Å². The Labute approximate surface area is 119 Å².